The molecule has 2 heterocycles. The summed E-state index contributed by atoms with van der Waals surface area (Å²) in [6.07, 6.45) is 1.77. The molecule has 0 spiro atoms. The van der Waals surface area contributed by atoms with Crippen molar-refractivity contribution in [3.63, 3.8) is 0 Å². The van der Waals surface area contributed by atoms with Crippen molar-refractivity contribution in [2.75, 3.05) is 26.3 Å². The van der Waals surface area contributed by atoms with Crippen LogP contribution in [0.1, 0.15) is 34.9 Å². The Morgan fingerprint density at radius 1 is 1.03 bits per heavy atom. The molecule has 1 aromatic heterocycles. The first-order chi connectivity index (χ1) is 15.2. The van der Waals surface area contributed by atoms with Crippen molar-refractivity contribution in [3.8, 4) is 0 Å². The van der Waals surface area contributed by atoms with Gasteiger partial charge in [0.05, 0.1) is 12.6 Å². The second-order valence-electron chi connectivity index (χ2n) is 7.92. The van der Waals surface area contributed by atoms with E-state index in [0.29, 0.717) is 19.8 Å². The van der Waals surface area contributed by atoms with Crippen molar-refractivity contribution in [1.82, 2.24) is 10.6 Å². The average molecular weight is 439 g/mol. The number of benzene rings is 2. The summed E-state index contributed by atoms with van der Waals surface area (Å²) in [5.41, 5.74) is 2.08. The maximum absolute atomic E-state index is 13.4. The summed E-state index contributed by atoms with van der Waals surface area (Å²) < 4.78 is 18.9. The first-order valence-corrected chi connectivity index (χ1v) is 11.5. The predicted octanol–water partition coefficient (Wildman–Crippen LogP) is 4.43. The van der Waals surface area contributed by atoms with Gasteiger partial charge in [0.1, 0.15) is 5.82 Å². The summed E-state index contributed by atoms with van der Waals surface area (Å²) in [6.45, 7) is 2.17. The van der Waals surface area contributed by atoms with Gasteiger partial charge in [0.25, 0.3) is 0 Å². The van der Waals surface area contributed by atoms with Crippen LogP contribution < -0.4 is 10.6 Å². The zero-order valence-corrected chi connectivity index (χ0v) is 18.2. The van der Waals surface area contributed by atoms with Crippen LogP contribution in [0.2, 0.25) is 0 Å². The van der Waals surface area contributed by atoms with Crippen molar-refractivity contribution in [1.29, 1.82) is 0 Å². The summed E-state index contributed by atoms with van der Waals surface area (Å²) in [4.78, 5) is 13.8. The Bertz CT molecular complexity index is 955. The Balaban J connectivity index is 1.40. The van der Waals surface area contributed by atoms with E-state index in [9.17, 15) is 9.18 Å². The molecule has 1 saturated heterocycles. The number of hydrogen-bond donors (Lipinski definition) is 2. The van der Waals surface area contributed by atoms with E-state index in [4.69, 9.17) is 4.74 Å². The Kier molecular flexibility index (Phi) is 7.12. The highest BCUT2D eigenvalue weighted by Crippen LogP contribution is 2.34. The monoisotopic (exact) mass is 438 g/mol. The average Bonchev–Trinajstić information content (AvgIpc) is 3.35. The fraction of sp³-hybridized carbons (Fsp3) is 0.320. The minimum atomic E-state index is -0.269. The normalized spacial score (nSPS) is 16.5. The van der Waals surface area contributed by atoms with E-state index in [2.05, 4.69) is 22.8 Å². The van der Waals surface area contributed by atoms with E-state index in [0.717, 1.165) is 23.3 Å². The smallest absolute Gasteiger partial charge is 0.234 e. The van der Waals surface area contributed by atoms with E-state index < -0.39 is 0 Å². The van der Waals surface area contributed by atoms with E-state index in [1.54, 1.807) is 23.5 Å². The number of amides is 1. The number of hydrogen-bond acceptors (Lipinski definition) is 4. The number of ether oxygens (including phenoxy) is 1. The topological polar surface area (TPSA) is 50.4 Å². The number of thiophene rings is 1. The lowest BCUT2D eigenvalue weighted by Crippen LogP contribution is -2.46. The number of rotatable bonds is 8. The molecule has 1 atom stereocenters. The van der Waals surface area contributed by atoms with Crippen LogP contribution in [0.3, 0.4) is 0 Å². The zero-order valence-electron chi connectivity index (χ0n) is 17.4. The minimum absolute atomic E-state index is 0.0505. The first-order valence-electron chi connectivity index (χ1n) is 10.6. The van der Waals surface area contributed by atoms with Crippen LogP contribution >= 0.6 is 11.3 Å². The number of carbonyl (C=O) groups is 1. The van der Waals surface area contributed by atoms with Gasteiger partial charge in [-0.25, -0.2) is 4.39 Å². The molecule has 1 amide bonds. The van der Waals surface area contributed by atoms with Crippen LogP contribution in [-0.2, 0) is 14.9 Å². The lowest BCUT2D eigenvalue weighted by molar-refractivity contribution is -0.120. The Morgan fingerprint density at radius 3 is 2.45 bits per heavy atom. The molecule has 162 valence electrons. The molecule has 1 aliphatic rings. The van der Waals surface area contributed by atoms with E-state index in [1.165, 1.54) is 17.7 Å². The maximum atomic E-state index is 13.4. The van der Waals surface area contributed by atoms with Gasteiger partial charge in [0.15, 0.2) is 0 Å². The summed E-state index contributed by atoms with van der Waals surface area (Å²) in [5.74, 6) is -0.320. The van der Waals surface area contributed by atoms with E-state index >= 15 is 0 Å². The van der Waals surface area contributed by atoms with Gasteiger partial charge >= 0.3 is 0 Å². The molecule has 31 heavy (non-hydrogen) atoms. The molecule has 1 unspecified atom stereocenters. The quantitative estimate of drug-likeness (QED) is 0.547. The van der Waals surface area contributed by atoms with Crippen molar-refractivity contribution in [2.45, 2.75) is 24.3 Å². The van der Waals surface area contributed by atoms with Crippen LogP contribution in [-0.4, -0.2) is 32.2 Å². The van der Waals surface area contributed by atoms with Crippen LogP contribution in [0.4, 0.5) is 4.39 Å². The summed E-state index contributed by atoms with van der Waals surface area (Å²) >= 11 is 1.61. The highest BCUT2D eigenvalue weighted by Gasteiger charge is 2.34. The molecule has 0 saturated carbocycles. The van der Waals surface area contributed by atoms with E-state index in [1.807, 2.05) is 35.7 Å². The molecule has 6 heteroatoms. The highest BCUT2D eigenvalue weighted by molar-refractivity contribution is 7.10. The molecular weight excluding hydrogens is 411 g/mol. The lowest BCUT2D eigenvalue weighted by atomic mass is 9.74. The molecule has 0 aliphatic carbocycles. The van der Waals surface area contributed by atoms with Crippen molar-refractivity contribution in [2.24, 2.45) is 0 Å². The third-order valence-corrected chi connectivity index (χ3v) is 6.89. The minimum Gasteiger partial charge on any atom is -0.381 e. The van der Waals surface area contributed by atoms with Gasteiger partial charge < -0.3 is 10.1 Å². The predicted molar refractivity (Wildman–Crippen MR) is 122 cm³/mol. The van der Waals surface area contributed by atoms with Crippen molar-refractivity contribution < 1.29 is 13.9 Å². The molecule has 1 aliphatic heterocycles. The molecule has 4 rings (SSSR count). The highest BCUT2D eigenvalue weighted by atomic mass is 32.1. The van der Waals surface area contributed by atoms with Crippen LogP contribution in [0.5, 0.6) is 0 Å². The van der Waals surface area contributed by atoms with Crippen LogP contribution in [0.25, 0.3) is 0 Å². The summed E-state index contributed by atoms with van der Waals surface area (Å²) in [7, 11) is 0. The Labute approximate surface area is 186 Å². The Hall–Kier alpha value is -2.54. The van der Waals surface area contributed by atoms with Gasteiger partial charge in [-0.05, 0) is 47.5 Å². The maximum Gasteiger partial charge on any atom is 0.234 e. The van der Waals surface area contributed by atoms with Gasteiger partial charge in [-0.15, -0.1) is 11.3 Å². The second-order valence-corrected chi connectivity index (χ2v) is 8.90. The standard InChI is InChI=1S/C25H27FN2O2S/c26-21-10-8-19(9-11-21)24(22-7-4-16-31-22)27-17-23(29)28-18-25(12-14-30-15-13-25)20-5-2-1-3-6-20/h1-11,16,24,27H,12-15,17-18H2,(H,28,29). The molecule has 3 aromatic rings. The largest absolute Gasteiger partial charge is 0.381 e. The van der Waals surface area contributed by atoms with Crippen molar-refractivity contribution >= 4 is 17.2 Å². The molecule has 1 fully saturated rings. The van der Waals surface area contributed by atoms with Gasteiger partial charge in [-0.2, -0.15) is 0 Å². The third-order valence-electron chi connectivity index (χ3n) is 5.96. The first kappa shape index (κ1) is 21.7. The summed E-state index contributed by atoms with van der Waals surface area (Å²) in [5, 5.41) is 8.49. The molecule has 2 aromatic carbocycles. The van der Waals surface area contributed by atoms with Crippen LogP contribution in [0, 0.1) is 5.82 Å². The third kappa shape index (κ3) is 5.39. The Morgan fingerprint density at radius 2 is 1.77 bits per heavy atom. The summed E-state index contributed by atoms with van der Waals surface area (Å²) in [6, 6.07) is 20.6. The lowest BCUT2D eigenvalue weighted by Gasteiger charge is -2.38. The number of nitrogens with one attached hydrogen (secondary N) is 2. The molecule has 4 nitrogen and oxygen atoms in total. The fourth-order valence-electron chi connectivity index (χ4n) is 4.14. The number of halogens is 1. The fourth-order valence-corrected chi connectivity index (χ4v) is 4.97. The molecule has 2 N–H and O–H groups in total. The van der Waals surface area contributed by atoms with E-state index in [-0.39, 0.29) is 29.7 Å². The van der Waals surface area contributed by atoms with Gasteiger partial charge in [-0.3, -0.25) is 10.1 Å². The second kappa shape index (κ2) is 10.2. The molecule has 0 bridgehead atoms. The van der Waals surface area contributed by atoms with Crippen LogP contribution in [0.15, 0.2) is 72.1 Å². The van der Waals surface area contributed by atoms with Gasteiger partial charge in [0.2, 0.25) is 5.91 Å². The number of carbonyl (C=O) groups excluding carboxylic acids is 1. The van der Waals surface area contributed by atoms with Crippen molar-refractivity contribution in [3.05, 3.63) is 93.9 Å². The zero-order chi connectivity index (χ0) is 21.5. The van der Waals surface area contributed by atoms with Gasteiger partial charge in [-0.1, -0.05) is 48.5 Å². The van der Waals surface area contributed by atoms with Gasteiger partial charge in [0, 0.05) is 30.1 Å². The molecular formula is C25H27FN2O2S. The molecule has 0 radical (unpaired) electrons. The SMILES string of the molecule is O=C(CNC(c1ccc(F)cc1)c1cccs1)NCC1(c2ccccc2)CCOCC1.